The number of ether oxygens (including phenoxy) is 1. The SMILES string of the molecule is CCCCCCCCCC(CC1CCOC1)NCC. The van der Waals surface area contributed by atoms with Crippen LogP contribution in [0.25, 0.3) is 0 Å². The Kier molecular flexibility index (Phi) is 10.5. The van der Waals surface area contributed by atoms with Crippen LogP contribution in [-0.4, -0.2) is 25.8 Å². The van der Waals surface area contributed by atoms with E-state index in [9.17, 15) is 0 Å². The van der Waals surface area contributed by atoms with Crippen LogP contribution in [-0.2, 0) is 4.74 Å². The van der Waals surface area contributed by atoms with Crippen LogP contribution in [0, 0.1) is 5.92 Å². The Balaban J connectivity index is 2.01. The molecule has 0 aliphatic carbocycles. The highest BCUT2D eigenvalue weighted by molar-refractivity contribution is 4.74. The van der Waals surface area contributed by atoms with Gasteiger partial charge in [-0.05, 0) is 31.7 Å². The number of unbranched alkanes of at least 4 members (excludes halogenated alkanes) is 6. The van der Waals surface area contributed by atoms with Crippen molar-refractivity contribution in [2.75, 3.05) is 19.8 Å². The van der Waals surface area contributed by atoms with Gasteiger partial charge in [0.1, 0.15) is 0 Å². The Morgan fingerprint density at radius 2 is 1.79 bits per heavy atom. The summed E-state index contributed by atoms with van der Waals surface area (Å²) in [7, 11) is 0. The Hall–Kier alpha value is -0.0800. The standard InChI is InChI=1S/C17H35NO/c1-3-5-6-7-8-9-10-11-17(18-4-2)14-16-12-13-19-15-16/h16-18H,3-15H2,1-2H3. The Bertz CT molecular complexity index is 190. The molecule has 1 heterocycles. The molecule has 2 heteroatoms. The summed E-state index contributed by atoms with van der Waals surface area (Å²) in [6, 6.07) is 0.729. The third-order valence-corrected chi connectivity index (χ3v) is 4.29. The van der Waals surface area contributed by atoms with Crippen LogP contribution in [0.3, 0.4) is 0 Å². The van der Waals surface area contributed by atoms with Gasteiger partial charge < -0.3 is 10.1 Å². The lowest BCUT2D eigenvalue weighted by Gasteiger charge is -2.20. The lowest BCUT2D eigenvalue weighted by Crippen LogP contribution is -2.31. The van der Waals surface area contributed by atoms with Gasteiger partial charge in [0, 0.05) is 19.3 Å². The molecule has 0 spiro atoms. The van der Waals surface area contributed by atoms with Gasteiger partial charge in [-0.1, -0.05) is 58.8 Å². The fourth-order valence-electron chi connectivity index (χ4n) is 3.11. The van der Waals surface area contributed by atoms with Crippen LogP contribution in [0.5, 0.6) is 0 Å². The smallest absolute Gasteiger partial charge is 0.0495 e. The lowest BCUT2D eigenvalue weighted by molar-refractivity contribution is 0.180. The molecule has 1 aliphatic rings. The molecular formula is C17H35NO. The molecule has 0 aromatic rings. The van der Waals surface area contributed by atoms with Crippen molar-refractivity contribution in [1.82, 2.24) is 5.32 Å². The molecule has 0 aromatic heterocycles. The maximum atomic E-state index is 5.49. The molecule has 1 rings (SSSR count). The van der Waals surface area contributed by atoms with Crippen LogP contribution in [0.4, 0.5) is 0 Å². The highest BCUT2D eigenvalue weighted by Crippen LogP contribution is 2.21. The van der Waals surface area contributed by atoms with E-state index in [1.807, 2.05) is 0 Å². The lowest BCUT2D eigenvalue weighted by atomic mass is 9.95. The minimum atomic E-state index is 0.729. The van der Waals surface area contributed by atoms with Gasteiger partial charge in [0.05, 0.1) is 0 Å². The van der Waals surface area contributed by atoms with E-state index >= 15 is 0 Å². The summed E-state index contributed by atoms with van der Waals surface area (Å²) in [6.07, 6.45) is 13.9. The number of rotatable bonds is 12. The fraction of sp³-hybridized carbons (Fsp3) is 1.00. The first kappa shape index (κ1) is 17.0. The minimum absolute atomic E-state index is 0.729. The average molecular weight is 269 g/mol. The highest BCUT2D eigenvalue weighted by atomic mass is 16.5. The third kappa shape index (κ3) is 8.65. The molecule has 2 unspecified atom stereocenters. The van der Waals surface area contributed by atoms with Gasteiger partial charge in [-0.15, -0.1) is 0 Å². The van der Waals surface area contributed by atoms with Crippen molar-refractivity contribution in [3.63, 3.8) is 0 Å². The van der Waals surface area contributed by atoms with E-state index in [1.165, 1.54) is 64.2 Å². The number of hydrogen-bond acceptors (Lipinski definition) is 2. The van der Waals surface area contributed by atoms with Crippen LogP contribution >= 0.6 is 0 Å². The zero-order chi connectivity index (χ0) is 13.8. The van der Waals surface area contributed by atoms with Crippen molar-refractivity contribution >= 4 is 0 Å². The molecule has 1 aliphatic heterocycles. The van der Waals surface area contributed by atoms with Crippen LogP contribution in [0.1, 0.15) is 78.1 Å². The first-order chi connectivity index (χ1) is 9.36. The maximum absolute atomic E-state index is 5.49. The molecule has 0 saturated carbocycles. The summed E-state index contributed by atoms with van der Waals surface area (Å²) >= 11 is 0. The van der Waals surface area contributed by atoms with Gasteiger partial charge in [-0.25, -0.2) is 0 Å². The van der Waals surface area contributed by atoms with Crippen molar-refractivity contribution < 1.29 is 4.74 Å². The van der Waals surface area contributed by atoms with E-state index in [2.05, 4.69) is 19.2 Å². The summed E-state index contributed by atoms with van der Waals surface area (Å²) in [5.41, 5.74) is 0. The molecule has 1 fully saturated rings. The Morgan fingerprint density at radius 3 is 2.42 bits per heavy atom. The van der Waals surface area contributed by atoms with Crippen molar-refractivity contribution in [2.45, 2.75) is 84.1 Å². The number of hydrogen-bond donors (Lipinski definition) is 1. The summed E-state index contributed by atoms with van der Waals surface area (Å²) in [5, 5.41) is 3.67. The second kappa shape index (κ2) is 11.7. The van der Waals surface area contributed by atoms with Crippen LogP contribution in [0.15, 0.2) is 0 Å². The van der Waals surface area contributed by atoms with Gasteiger partial charge in [-0.3, -0.25) is 0 Å². The Labute approximate surface area is 120 Å². The molecule has 0 bridgehead atoms. The first-order valence-electron chi connectivity index (χ1n) is 8.68. The molecule has 114 valence electrons. The largest absolute Gasteiger partial charge is 0.381 e. The second-order valence-electron chi connectivity index (χ2n) is 6.13. The summed E-state index contributed by atoms with van der Waals surface area (Å²) < 4.78 is 5.49. The molecule has 1 saturated heterocycles. The normalized spacial score (nSPS) is 20.8. The molecule has 0 amide bonds. The Morgan fingerprint density at radius 1 is 1.05 bits per heavy atom. The predicted octanol–water partition coefficient (Wildman–Crippen LogP) is 4.53. The van der Waals surface area contributed by atoms with E-state index in [1.54, 1.807) is 0 Å². The summed E-state index contributed by atoms with van der Waals surface area (Å²) in [6.45, 7) is 7.60. The van der Waals surface area contributed by atoms with Crippen LogP contribution in [0.2, 0.25) is 0 Å². The van der Waals surface area contributed by atoms with E-state index in [4.69, 9.17) is 4.74 Å². The van der Waals surface area contributed by atoms with Gasteiger partial charge in [0.15, 0.2) is 0 Å². The van der Waals surface area contributed by atoms with Crippen molar-refractivity contribution in [3.05, 3.63) is 0 Å². The molecule has 0 radical (unpaired) electrons. The van der Waals surface area contributed by atoms with Crippen molar-refractivity contribution in [2.24, 2.45) is 5.92 Å². The maximum Gasteiger partial charge on any atom is 0.0495 e. The van der Waals surface area contributed by atoms with Crippen LogP contribution < -0.4 is 5.32 Å². The quantitative estimate of drug-likeness (QED) is 0.525. The summed E-state index contributed by atoms with van der Waals surface area (Å²) in [4.78, 5) is 0. The molecule has 1 N–H and O–H groups in total. The van der Waals surface area contributed by atoms with Crippen molar-refractivity contribution in [3.8, 4) is 0 Å². The third-order valence-electron chi connectivity index (χ3n) is 4.29. The predicted molar refractivity (Wildman–Crippen MR) is 83.6 cm³/mol. The van der Waals surface area contributed by atoms with Gasteiger partial charge >= 0.3 is 0 Å². The monoisotopic (exact) mass is 269 g/mol. The van der Waals surface area contributed by atoms with Gasteiger partial charge in [0.25, 0.3) is 0 Å². The minimum Gasteiger partial charge on any atom is -0.381 e. The van der Waals surface area contributed by atoms with E-state index in [0.717, 1.165) is 31.7 Å². The van der Waals surface area contributed by atoms with Gasteiger partial charge in [-0.2, -0.15) is 0 Å². The van der Waals surface area contributed by atoms with E-state index in [0.29, 0.717) is 0 Å². The zero-order valence-electron chi connectivity index (χ0n) is 13.3. The molecular weight excluding hydrogens is 234 g/mol. The van der Waals surface area contributed by atoms with E-state index in [-0.39, 0.29) is 0 Å². The van der Waals surface area contributed by atoms with Crippen molar-refractivity contribution in [1.29, 1.82) is 0 Å². The molecule has 2 nitrogen and oxygen atoms in total. The van der Waals surface area contributed by atoms with E-state index < -0.39 is 0 Å². The fourth-order valence-corrected chi connectivity index (χ4v) is 3.11. The second-order valence-corrected chi connectivity index (χ2v) is 6.13. The first-order valence-corrected chi connectivity index (χ1v) is 8.68. The molecule has 19 heavy (non-hydrogen) atoms. The molecule has 0 aromatic carbocycles. The average Bonchev–Trinajstić information content (AvgIpc) is 2.91. The highest BCUT2D eigenvalue weighted by Gasteiger charge is 2.19. The zero-order valence-corrected chi connectivity index (χ0v) is 13.3. The summed E-state index contributed by atoms with van der Waals surface area (Å²) in [5.74, 6) is 0.814. The topological polar surface area (TPSA) is 21.3 Å². The molecule has 2 atom stereocenters. The van der Waals surface area contributed by atoms with Gasteiger partial charge in [0.2, 0.25) is 0 Å². The number of nitrogens with one attached hydrogen (secondary N) is 1.